The maximum absolute atomic E-state index is 10.2. The zero-order valence-corrected chi connectivity index (χ0v) is 12.4. The van der Waals surface area contributed by atoms with Crippen LogP contribution in [-0.2, 0) is 17.6 Å². The van der Waals surface area contributed by atoms with E-state index in [0.29, 0.717) is 6.04 Å². The third-order valence-electron chi connectivity index (χ3n) is 2.35. The van der Waals surface area contributed by atoms with E-state index in [1.54, 1.807) is 0 Å². The average Bonchev–Trinajstić information content (AvgIpc) is 2.73. The molecule has 1 amide bonds. The predicted octanol–water partition coefficient (Wildman–Crippen LogP) is 3.59. The SMILES string of the molecule is CC.CC(C)C.O=CNC1Cc2ccccc2C1. The van der Waals surface area contributed by atoms with Gasteiger partial charge in [-0.2, -0.15) is 0 Å². The first-order valence-corrected chi connectivity index (χ1v) is 6.90. The monoisotopic (exact) mass is 249 g/mol. The third kappa shape index (κ3) is 6.43. The lowest BCUT2D eigenvalue weighted by Gasteiger charge is -2.04. The predicted molar refractivity (Wildman–Crippen MR) is 78.7 cm³/mol. The molecule has 0 saturated heterocycles. The summed E-state index contributed by atoms with van der Waals surface area (Å²) in [4.78, 5) is 10.2. The van der Waals surface area contributed by atoms with Crippen LogP contribution < -0.4 is 5.32 Å². The van der Waals surface area contributed by atoms with Crippen molar-refractivity contribution in [3.05, 3.63) is 35.4 Å². The van der Waals surface area contributed by atoms with Crippen molar-refractivity contribution in [3.8, 4) is 0 Å². The molecule has 1 aromatic carbocycles. The molecule has 1 aromatic rings. The summed E-state index contributed by atoms with van der Waals surface area (Å²) in [6.45, 7) is 10.5. The second-order valence-electron chi connectivity index (χ2n) is 4.89. The molecule has 2 rings (SSSR count). The highest BCUT2D eigenvalue weighted by Crippen LogP contribution is 2.20. The normalized spacial score (nSPS) is 12.8. The number of rotatable bonds is 2. The smallest absolute Gasteiger partial charge is 0.207 e. The molecule has 0 unspecified atom stereocenters. The van der Waals surface area contributed by atoms with Gasteiger partial charge in [-0.15, -0.1) is 0 Å². The van der Waals surface area contributed by atoms with Crippen LogP contribution in [0.15, 0.2) is 24.3 Å². The summed E-state index contributed by atoms with van der Waals surface area (Å²) in [6, 6.07) is 8.66. The second-order valence-corrected chi connectivity index (χ2v) is 4.89. The molecule has 2 heteroatoms. The van der Waals surface area contributed by atoms with E-state index in [4.69, 9.17) is 0 Å². The topological polar surface area (TPSA) is 29.1 Å². The number of carbonyl (C=O) groups excluding carboxylic acids is 1. The van der Waals surface area contributed by atoms with Crippen LogP contribution in [-0.4, -0.2) is 12.5 Å². The Morgan fingerprint density at radius 1 is 1.11 bits per heavy atom. The van der Waals surface area contributed by atoms with E-state index in [2.05, 4.69) is 38.2 Å². The van der Waals surface area contributed by atoms with Crippen LogP contribution in [0.2, 0.25) is 0 Å². The van der Waals surface area contributed by atoms with Crippen molar-refractivity contribution in [1.82, 2.24) is 5.32 Å². The minimum absolute atomic E-state index is 0.319. The van der Waals surface area contributed by atoms with Gasteiger partial charge in [0.2, 0.25) is 6.41 Å². The van der Waals surface area contributed by atoms with Gasteiger partial charge in [0.25, 0.3) is 0 Å². The second kappa shape index (κ2) is 9.69. The Bertz CT molecular complexity index is 306. The van der Waals surface area contributed by atoms with E-state index in [1.165, 1.54) is 11.1 Å². The Balaban J connectivity index is 0.000000415. The molecule has 18 heavy (non-hydrogen) atoms. The molecule has 0 spiro atoms. The van der Waals surface area contributed by atoms with Crippen LogP contribution in [0.4, 0.5) is 0 Å². The van der Waals surface area contributed by atoms with E-state index < -0.39 is 0 Å². The van der Waals surface area contributed by atoms with E-state index >= 15 is 0 Å². The molecule has 2 nitrogen and oxygen atoms in total. The van der Waals surface area contributed by atoms with Gasteiger partial charge in [0.05, 0.1) is 0 Å². The lowest BCUT2D eigenvalue weighted by Crippen LogP contribution is -2.27. The summed E-state index contributed by atoms with van der Waals surface area (Å²) in [6.07, 6.45) is 2.75. The van der Waals surface area contributed by atoms with Crippen LogP contribution in [0.25, 0.3) is 0 Å². The number of amides is 1. The summed E-state index contributed by atoms with van der Waals surface area (Å²) >= 11 is 0. The molecular weight excluding hydrogens is 222 g/mol. The fourth-order valence-electron chi connectivity index (χ4n) is 1.77. The fraction of sp³-hybridized carbons (Fsp3) is 0.562. The van der Waals surface area contributed by atoms with Crippen molar-refractivity contribution in [2.24, 2.45) is 5.92 Å². The van der Waals surface area contributed by atoms with Crippen LogP contribution in [0, 0.1) is 5.92 Å². The lowest BCUT2D eigenvalue weighted by molar-refractivity contribution is -0.110. The molecular formula is C16H27NO. The number of hydrogen-bond acceptors (Lipinski definition) is 1. The van der Waals surface area contributed by atoms with E-state index in [0.717, 1.165) is 25.2 Å². The quantitative estimate of drug-likeness (QED) is 0.797. The average molecular weight is 249 g/mol. The first-order chi connectivity index (χ1) is 8.63. The standard InChI is InChI=1S/C10H11NO.C4H10.C2H6/c12-7-11-10-5-8-3-1-2-4-9(8)6-10;1-4(2)3;1-2/h1-4,7,10H,5-6H2,(H,11,12);4H,1-3H3;1-2H3. The summed E-state index contributed by atoms with van der Waals surface area (Å²) in [5, 5.41) is 2.81. The van der Waals surface area contributed by atoms with Crippen molar-refractivity contribution in [1.29, 1.82) is 0 Å². The molecule has 102 valence electrons. The Hall–Kier alpha value is -1.31. The van der Waals surface area contributed by atoms with E-state index in [-0.39, 0.29) is 0 Å². The molecule has 0 heterocycles. The highest BCUT2D eigenvalue weighted by Gasteiger charge is 2.19. The molecule has 0 bridgehead atoms. The number of hydrogen-bond donors (Lipinski definition) is 1. The van der Waals surface area contributed by atoms with Gasteiger partial charge in [-0.1, -0.05) is 58.9 Å². The van der Waals surface area contributed by atoms with Gasteiger partial charge >= 0.3 is 0 Å². The van der Waals surface area contributed by atoms with E-state index in [9.17, 15) is 4.79 Å². The summed E-state index contributed by atoms with van der Waals surface area (Å²) in [5.41, 5.74) is 2.74. The molecule has 1 aliphatic rings. The zero-order valence-electron chi connectivity index (χ0n) is 12.4. The Labute approximate surface area is 112 Å². The molecule has 0 saturated carbocycles. The third-order valence-corrected chi connectivity index (χ3v) is 2.35. The van der Waals surface area contributed by atoms with Crippen molar-refractivity contribution in [2.45, 2.75) is 53.5 Å². The Morgan fingerprint density at radius 3 is 1.83 bits per heavy atom. The summed E-state index contributed by atoms with van der Waals surface area (Å²) in [5.74, 6) is 0.833. The van der Waals surface area contributed by atoms with E-state index in [1.807, 2.05) is 26.0 Å². The van der Waals surface area contributed by atoms with Gasteiger partial charge in [0.1, 0.15) is 0 Å². The van der Waals surface area contributed by atoms with Crippen molar-refractivity contribution >= 4 is 6.41 Å². The van der Waals surface area contributed by atoms with Crippen LogP contribution in [0.3, 0.4) is 0 Å². The molecule has 0 aromatic heterocycles. The van der Waals surface area contributed by atoms with Crippen LogP contribution in [0.5, 0.6) is 0 Å². The minimum Gasteiger partial charge on any atom is -0.355 e. The Kier molecular flexibility index (Phi) is 8.99. The number of benzene rings is 1. The molecule has 0 radical (unpaired) electrons. The minimum atomic E-state index is 0.319. The number of carbonyl (C=O) groups is 1. The molecule has 1 aliphatic carbocycles. The molecule has 1 N–H and O–H groups in total. The van der Waals surface area contributed by atoms with Gasteiger partial charge in [-0.3, -0.25) is 4.79 Å². The van der Waals surface area contributed by atoms with Crippen molar-refractivity contribution < 1.29 is 4.79 Å². The first kappa shape index (κ1) is 16.7. The summed E-state index contributed by atoms with van der Waals surface area (Å²) < 4.78 is 0. The highest BCUT2D eigenvalue weighted by atomic mass is 16.1. The number of fused-ring (bicyclic) bond motifs is 1. The zero-order chi connectivity index (χ0) is 14.0. The van der Waals surface area contributed by atoms with Crippen LogP contribution >= 0.6 is 0 Å². The maximum atomic E-state index is 10.2. The van der Waals surface area contributed by atoms with Gasteiger partial charge in [-0.25, -0.2) is 0 Å². The molecule has 0 fully saturated rings. The highest BCUT2D eigenvalue weighted by molar-refractivity contribution is 5.48. The van der Waals surface area contributed by atoms with Gasteiger partial charge in [-0.05, 0) is 29.9 Å². The largest absolute Gasteiger partial charge is 0.355 e. The maximum Gasteiger partial charge on any atom is 0.207 e. The lowest BCUT2D eigenvalue weighted by atomic mass is 10.1. The van der Waals surface area contributed by atoms with Crippen molar-refractivity contribution in [2.75, 3.05) is 0 Å². The first-order valence-electron chi connectivity index (χ1n) is 6.90. The fourth-order valence-corrected chi connectivity index (χ4v) is 1.77. The van der Waals surface area contributed by atoms with Gasteiger partial charge in [0, 0.05) is 6.04 Å². The molecule has 0 aliphatic heterocycles. The Morgan fingerprint density at radius 2 is 1.50 bits per heavy atom. The number of nitrogens with one attached hydrogen (secondary N) is 1. The summed E-state index contributed by atoms with van der Waals surface area (Å²) in [7, 11) is 0. The molecule has 0 atom stereocenters. The van der Waals surface area contributed by atoms with Gasteiger partial charge in [0.15, 0.2) is 0 Å². The van der Waals surface area contributed by atoms with Crippen molar-refractivity contribution in [3.63, 3.8) is 0 Å². The van der Waals surface area contributed by atoms with Crippen LogP contribution in [0.1, 0.15) is 45.7 Å². The van der Waals surface area contributed by atoms with Gasteiger partial charge < -0.3 is 5.32 Å².